The highest BCUT2D eigenvalue weighted by Crippen LogP contribution is 2.35. The fourth-order valence-corrected chi connectivity index (χ4v) is 3.34. The molecule has 1 saturated carbocycles. The number of aliphatic carboxylic acids is 1. The van der Waals surface area contributed by atoms with Crippen LogP contribution in [-0.4, -0.2) is 23.0 Å². The molecule has 2 aliphatic rings. The molecular formula is C16H19NO3. The summed E-state index contributed by atoms with van der Waals surface area (Å²) < 4.78 is 0. The first-order chi connectivity index (χ1) is 9.65. The number of carbonyl (C=O) groups excluding carboxylic acids is 1. The molecule has 3 unspecified atom stereocenters. The molecule has 2 N–H and O–H groups in total. The minimum absolute atomic E-state index is 0.0186. The second-order valence-corrected chi connectivity index (χ2v) is 5.86. The summed E-state index contributed by atoms with van der Waals surface area (Å²) in [5.41, 5.74) is 2.37. The van der Waals surface area contributed by atoms with Crippen LogP contribution in [0.2, 0.25) is 0 Å². The lowest BCUT2D eigenvalue weighted by Gasteiger charge is -2.33. The summed E-state index contributed by atoms with van der Waals surface area (Å²) in [7, 11) is 0. The van der Waals surface area contributed by atoms with Gasteiger partial charge < -0.3 is 10.4 Å². The Labute approximate surface area is 118 Å². The second kappa shape index (κ2) is 5.27. The highest BCUT2D eigenvalue weighted by Gasteiger charge is 2.34. The lowest BCUT2D eigenvalue weighted by molar-refractivity contribution is -0.143. The highest BCUT2D eigenvalue weighted by atomic mass is 16.4. The molecule has 0 spiro atoms. The van der Waals surface area contributed by atoms with Crippen LogP contribution in [0, 0.1) is 5.92 Å². The van der Waals surface area contributed by atoms with Gasteiger partial charge in [0.15, 0.2) is 0 Å². The molecule has 1 aromatic carbocycles. The molecular weight excluding hydrogens is 254 g/mol. The third-order valence-corrected chi connectivity index (χ3v) is 4.54. The van der Waals surface area contributed by atoms with E-state index in [0.717, 1.165) is 31.2 Å². The van der Waals surface area contributed by atoms with E-state index in [1.165, 1.54) is 5.56 Å². The fraction of sp³-hybridized carbons (Fsp3) is 0.500. The quantitative estimate of drug-likeness (QED) is 0.886. The van der Waals surface area contributed by atoms with Crippen LogP contribution < -0.4 is 5.32 Å². The predicted octanol–water partition coefficient (Wildman–Crippen LogP) is 2.09. The number of carboxylic acids is 1. The summed E-state index contributed by atoms with van der Waals surface area (Å²) in [4.78, 5) is 23.3. The van der Waals surface area contributed by atoms with Crippen LogP contribution in [0.25, 0.3) is 0 Å². The van der Waals surface area contributed by atoms with Gasteiger partial charge >= 0.3 is 5.97 Å². The van der Waals surface area contributed by atoms with E-state index in [-0.39, 0.29) is 23.8 Å². The maximum Gasteiger partial charge on any atom is 0.306 e. The first kappa shape index (κ1) is 13.2. The molecule has 0 heterocycles. The van der Waals surface area contributed by atoms with Gasteiger partial charge in [-0.2, -0.15) is 0 Å². The van der Waals surface area contributed by atoms with Crippen LogP contribution in [0.4, 0.5) is 0 Å². The molecule has 0 saturated heterocycles. The molecule has 1 amide bonds. The van der Waals surface area contributed by atoms with Crippen LogP contribution >= 0.6 is 0 Å². The summed E-state index contributed by atoms with van der Waals surface area (Å²) in [6, 6.07) is 8.03. The van der Waals surface area contributed by atoms with Crippen molar-refractivity contribution in [2.75, 3.05) is 0 Å². The Hall–Kier alpha value is -1.84. The van der Waals surface area contributed by atoms with Crippen LogP contribution in [0.15, 0.2) is 24.3 Å². The Kier molecular flexibility index (Phi) is 3.47. The van der Waals surface area contributed by atoms with Gasteiger partial charge in [-0.1, -0.05) is 30.7 Å². The Morgan fingerprint density at radius 1 is 1.20 bits per heavy atom. The average Bonchev–Trinajstić information content (AvgIpc) is 2.40. The van der Waals surface area contributed by atoms with Crippen molar-refractivity contribution >= 4 is 11.9 Å². The zero-order valence-corrected chi connectivity index (χ0v) is 11.3. The van der Waals surface area contributed by atoms with E-state index in [2.05, 4.69) is 11.4 Å². The molecule has 4 heteroatoms. The third-order valence-electron chi connectivity index (χ3n) is 4.54. The van der Waals surface area contributed by atoms with E-state index in [0.29, 0.717) is 6.42 Å². The van der Waals surface area contributed by atoms with E-state index in [4.69, 9.17) is 5.11 Å². The summed E-state index contributed by atoms with van der Waals surface area (Å²) in [5.74, 6) is -1.03. The molecule has 3 atom stereocenters. The molecule has 3 rings (SSSR count). The fourth-order valence-electron chi connectivity index (χ4n) is 3.34. The zero-order valence-electron chi connectivity index (χ0n) is 11.3. The Morgan fingerprint density at radius 2 is 2.00 bits per heavy atom. The van der Waals surface area contributed by atoms with Crippen molar-refractivity contribution in [2.45, 2.75) is 44.1 Å². The Balaban J connectivity index is 1.59. The van der Waals surface area contributed by atoms with Crippen LogP contribution in [0.3, 0.4) is 0 Å². The summed E-state index contributed by atoms with van der Waals surface area (Å²) in [6.45, 7) is 0. The number of carbonyl (C=O) groups is 2. The minimum atomic E-state index is -0.738. The van der Waals surface area contributed by atoms with Crippen molar-refractivity contribution in [3.05, 3.63) is 35.4 Å². The molecule has 4 nitrogen and oxygen atoms in total. The van der Waals surface area contributed by atoms with Gasteiger partial charge in [-0.3, -0.25) is 9.59 Å². The molecule has 0 bridgehead atoms. The minimum Gasteiger partial charge on any atom is -0.481 e. The van der Waals surface area contributed by atoms with E-state index in [1.54, 1.807) is 0 Å². The van der Waals surface area contributed by atoms with Gasteiger partial charge in [-0.15, -0.1) is 0 Å². The summed E-state index contributed by atoms with van der Waals surface area (Å²) >= 11 is 0. The molecule has 2 aliphatic carbocycles. The van der Waals surface area contributed by atoms with Crippen molar-refractivity contribution in [3.8, 4) is 0 Å². The number of rotatable bonds is 3. The standard InChI is InChI=1S/C16H19NO3/c18-15(14-9-10-4-1-2-7-13(10)14)17-12-6-3-5-11(8-12)16(19)20/h1-2,4,7,11-12,14H,3,5-6,8-9H2,(H,17,18)(H,19,20). The first-order valence-electron chi connectivity index (χ1n) is 7.26. The molecule has 20 heavy (non-hydrogen) atoms. The maximum absolute atomic E-state index is 12.3. The SMILES string of the molecule is O=C(O)C1CCCC(NC(=O)C2Cc3ccccc32)C1. The zero-order chi connectivity index (χ0) is 14.1. The lowest BCUT2D eigenvalue weighted by atomic mass is 9.76. The molecule has 0 aliphatic heterocycles. The van der Waals surface area contributed by atoms with Gasteiger partial charge in [0.25, 0.3) is 0 Å². The van der Waals surface area contributed by atoms with Gasteiger partial charge in [0, 0.05) is 6.04 Å². The number of amides is 1. The van der Waals surface area contributed by atoms with Crippen molar-refractivity contribution in [2.24, 2.45) is 5.92 Å². The van der Waals surface area contributed by atoms with Crippen LogP contribution in [-0.2, 0) is 16.0 Å². The largest absolute Gasteiger partial charge is 0.481 e. The van der Waals surface area contributed by atoms with Gasteiger partial charge in [-0.05, 0) is 36.8 Å². The van der Waals surface area contributed by atoms with Gasteiger partial charge in [0.1, 0.15) is 0 Å². The number of carboxylic acid groups (broad SMARTS) is 1. The third kappa shape index (κ3) is 2.42. The molecule has 106 valence electrons. The highest BCUT2D eigenvalue weighted by molar-refractivity contribution is 5.87. The summed E-state index contributed by atoms with van der Waals surface area (Å²) in [5, 5.41) is 12.1. The van der Waals surface area contributed by atoms with E-state index >= 15 is 0 Å². The molecule has 0 aromatic heterocycles. The number of hydrogen-bond acceptors (Lipinski definition) is 2. The van der Waals surface area contributed by atoms with Crippen molar-refractivity contribution < 1.29 is 14.7 Å². The monoisotopic (exact) mass is 273 g/mol. The van der Waals surface area contributed by atoms with E-state index in [1.807, 2.05) is 18.2 Å². The van der Waals surface area contributed by atoms with Crippen LogP contribution in [0.1, 0.15) is 42.7 Å². The van der Waals surface area contributed by atoms with Crippen molar-refractivity contribution in [1.29, 1.82) is 0 Å². The van der Waals surface area contributed by atoms with E-state index in [9.17, 15) is 9.59 Å². The molecule has 1 aromatic rings. The summed E-state index contributed by atoms with van der Waals surface area (Å²) in [6.07, 6.45) is 3.87. The topological polar surface area (TPSA) is 66.4 Å². The predicted molar refractivity (Wildman–Crippen MR) is 74.4 cm³/mol. The molecule has 1 fully saturated rings. The lowest BCUT2D eigenvalue weighted by Crippen LogP contribution is -2.44. The Bertz CT molecular complexity index is 540. The number of benzene rings is 1. The van der Waals surface area contributed by atoms with Crippen molar-refractivity contribution in [1.82, 2.24) is 5.32 Å². The number of fused-ring (bicyclic) bond motifs is 1. The van der Waals surface area contributed by atoms with Crippen LogP contribution in [0.5, 0.6) is 0 Å². The smallest absolute Gasteiger partial charge is 0.306 e. The number of hydrogen-bond donors (Lipinski definition) is 2. The van der Waals surface area contributed by atoms with Gasteiger partial charge in [0.2, 0.25) is 5.91 Å². The average molecular weight is 273 g/mol. The van der Waals surface area contributed by atoms with Gasteiger partial charge in [-0.25, -0.2) is 0 Å². The van der Waals surface area contributed by atoms with Crippen molar-refractivity contribution in [3.63, 3.8) is 0 Å². The normalized spacial score (nSPS) is 28.1. The second-order valence-electron chi connectivity index (χ2n) is 5.86. The Morgan fingerprint density at radius 3 is 2.75 bits per heavy atom. The van der Waals surface area contributed by atoms with E-state index < -0.39 is 5.97 Å². The number of nitrogens with one attached hydrogen (secondary N) is 1. The maximum atomic E-state index is 12.3. The molecule has 0 radical (unpaired) electrons. The first-order valence-corrected chi connectivity index (χ1v) is 7.26. The van der Waals surface area contributed by atoms with Gasteiger partial charge in [0.05, 0.1) is 11.8 Å².